The second-order valence-corrected chi connectivity index (χ2v) is 5.22. The summed E-state index contributed by atoms with van der Waals surface area (Å²) in [6.45, 7) is 0. The van der Waals surface area contributed by atoms with Crippen LogP contribution in [0.25, 0.3) is 21.8 Å². The Labute approximate surface area is 125 Å². The third kappa shape index (κ3) is 2.31. The average Bonchev–Trinajstić information content (AvgIpc) is 2.45. The van der Waals surface area contributed by atoms with E-state index in [9.17, 15) is 13.2 Å². The number of pyridine rings is 2. The first kappa shape index (κ1) is 14.1. The number of aromatic nitrogens is 2. The summed E-state index contributed by atoms with van der Waals surface area (Å²) in [5.41, 5.74) is -0.408. The van der Waals surface area contributed by atoms with Gasteiger partial charge in [0.2, 0.25) is 0 Å². The Balaban J connectivity index is 2.52. The molecule has 0 aliphatic carbocycles. The zero-order valence-electron chi connectivity index (χ0n) is 10.7. The van der Waals surface area contributed by atoms with Gasteiger partial charge in [0.25, 0.3) is 0 Å². The van der Waals surface area contributed by atoms with Crippen LogP contribution in [0.5, 0.6) is 5.75 Å². The smallest absolute Gasteiger partial charge is 0.433 e. The maximum absolute atomic E-state index is 12.9. The number of benzene rings is 1. The van der Waals surface area contributed by atoms with Gasteiger partial charge in [-0.25, -0.2) is 4.98 Å². The fourth-order valence-corrected chi connectivity index (χ4v) is 2.77. The molecule has 0 radical (unpaired) electrons. The second kappa shape index (κ2) is 4.84. The molecule has 3 aromatic rings. The van der Waals surface area contributed by atoms with Crippen LogP contribution in [0.1, 0.15) is 5.69 Å². The number of rotatable bonds is 1. The maximum atomic E-state index is 12.9. The predicted octanol–water partition coefficient (Wildman–Crippen LogP) is 4.57. The van der Waals surface area contributed by atoms with E-state index in [-0.39, 0.29) is 9.99 Å². The lowest BCUT2D eigenvalue weighted by Crippen LogP contribution is -2.08. The van der Waals surface area contributed by atoms with Gasteiger partial charge in [-0.05, 0) is 34.1 Å². The third-order valence-corrected chi connectivity index (χ3v) is 3.70. The molecule has 3 rings (SSSR count). The number of alkyl halides is 3. The molecule has 7 heteroatoms. The first-order valence-electron chi connectivity index (χ1n) is 5.91. The lowest BCUT2D eigenvalue weighted by Gasteiger charge is -2.13. The van der Waals surface area contributed by atoms with Crippen LogP contribution in [0.4, 0.5) is 13.2 Å². The lowest BCUT2D eigenvalue weighted by molar-refractivity contribution is -0.141. The van der Waals surface area contributed by atoms with Crippen LogP contribution in [0.15, 0.2) is 34.9 Å². The standard InChI is InChI=1S/C14H8BrF3N2O/c1-21-9-5-7-3-2-4-19-12(7)13-11(9)8(15)6-10(20-13)14(16,17)18/h2-6H,1H3. The Bertz CT molecular complexity index is 849. The van der Waals surface area contributed by atoms with Crippen molar-refractivity contribution >= 4 is 37.7 Å². The summed E-state index contributed by atoms with van der Waals surface area (Å²) in [4.78, 5) is 7.89. The zero-order chi connectivity index (χ0) is 15.2. The Morgan fingerprint density at radius 2 is 1.95 bits per heavy atom. The Hall–Kier alpha value is -1.89. The molecule has 0 aliphatic rings. The van der Waals surface area contributed by atoms with Crippen molar-refractivity contribution < 1.29 is 17.9 Å². The molecule has 2 heterocycles. The van der Waals surface area contributed by atoms with Gasteiger partial charge in [-0.15, -0.1) is 0 Å². The second-order valence-electron chi connectivity index (χ2n) is 4.36. The number of nitrogens with zero attached hydrogens (tertiary/aromatic N) is 2. The van der Waals surface area contributed by atoms with Crippen molar-refractivity contribution in [3.63, 3.8) is 0 Å². The van der Waals surface area contributed by atoms with E-state index in [0.29, 0.717) is 22.0 Å². The van der Waals surface area contributed by atoms with Gasteiger partial charge in [-0.2, -0.15) is 13.2 Å². The molecule has 2 aromatic heterocycles. The van der Waals surface area contributed by atoms with Crippen LogP contribution in [0.3, 0.4) is 0 Å². The van der Waals surface area contributed by atoms with Crippen molar-refractivity contribution in [2.24, 2.45) is 0 Å². The SMILES string of the molecule is COc1cc2cccnc2c2nc(C(F)(F)F)cc(Br)c12. The maximum Gasteiger partial charge on any atom is 0.433 e. The van der Waals surface area contributed by atoms with Crippen LogP contribution in [-0.2, 0) is 6.18 Å². The molecule has 21 heavy (non-hydrogen) atoms. The van der Waals surface area contributed by atoms with Crippen LogP contribution in [0, 0.1) is 0 Å². The minimum Gasteiger partial charge on any atom is -0.496 e. The van der Waals surface area contributed by atoms with E-state index in [2.05, 4.69) is 25.9 Å². The first-order chi connectivity index (χ1) is 9.91. The number of fused-ring (bicyclic) bond motifs is 3. The molecule has 0 unspecified atom stereocenters. The van der Waals surface area contributed by atoms with E-state index in [1.165, 1.54) is 13.3 Å². The number of hydrogen-bond acceptors (Lipinski definition) is 3. The van der Waals surface area contributed by atoms with Crippen LogP contribution < -0.4 is 4.74 Å². The lowest BCUT2D eigenvalue weighted by atomic mass is 10.1. The largest absolute Gasteiger partial charge is 0.496 e. The molecule has 0 saturated carbocycles. The quantitative estimate of drug-likeness (QED) is 0.599. The van der Waals surface area contributed by atoms with Gasteiger partial charge < -0.3 is 4.74 Å². The molecule has 0 atom stereocenters. The molecule has 0 N–H and O–H groups in total. The number of methoxy groups -OCH3 is 1. The molecule has 0 fully saturated rings. The third-order valence-electron chi connectivity index (χ3n) is 3.08. The van der Waals surface area contributed by atoms with Gasteiger partial charge in [0.05, 0.1) is 18.0 Å². The summed E-state index contributed by atoms with van der Waals surface area (Å²) in [5, 5.41) is 1.14. The highest BCUT2D eigenvalue weighted by molar-refractivity contribution is 9.10. The normalized spacial score (nSPS) is 12.0. The summed E-state index contributed by atoms with van der Waals surface area (Å²) >= 11 is 3.17. The highest BCUT2D eigenvalue weighted by Crippen LogP contribution is 2.39. The Morgan fingerprint density at radius 1 is 1.19 bits per heavy atom. The van der Waals surface area contributed by atoms with Crippen LogP contribution in [0.2, 0.25) is 0 Å². The Morgan fingerprint density at radius 3 is 2.62 bits per heavy atom. The van der Waals surface area contributed by atoms with Gasteiger partial charge in [0.15, 0.2) is 0 Å². The van der Waals surface area contributed by atoms with E-state index in [1.54, 1.807) is 18.2 Å². The van der Waals surface area contributed by atoms with Crippen LogP contribution >= 0.6 is 15.9 Å². The zero-order valence-corrected chi connectivity index (χ0v) is 12.3. The van der Waals surface area contributed by atoms with Gasteiger partial charge in [-0.3, -0.25) is 4.98 Å². The van der Waals surface area contributed by atoms with Crippen molar-refractivity contribution in [3.8, 4) is 5.75 Å². The molecule has 0 amide bonds. The first-order valence-corrected chi connectivity index (χ1v) is 6.70. The van der Waals surface area contributed by atoms with Crippen molar-refractivity contribution in [1.82, 2.24) is 9.97 Å². The van der Waals surface area contributed by atoms with Crippen molar-refractivity contribution in [2.45, 2.75) is 6.18 Å². The van der Waals surface area contributed by atoms with Gasteiger partial charge in [0.1, 0.15) is 17.0 Å². The molecule has 0 aliphatic heterocycles. The van der Waals surface area contributed by atoms with Gasteiger partial charge in [-0.1, -0.05) is 6.07 Å². The molecule has 0 spiro atoms. The minimum atomic E-state index is -4.53. The number of ether oxygens (including phenoxy) is 1. The van der Waals surface area contributed by atoms with Crippen molar-refractivity contribution in [1.29, 1.82) is 0 Å². The van der Waals surface area contributed by atoms with E-state index < -0.39 is 11.9 Å². The fourth-order valence-electron chi connectivity index (χ4n) is 2.17. The van der Waals surface area contributed by atoms with E-state index in [1.807, 2.05) is 0 Å². The van der Waals surface area contributed by atoms with Crippen LogP contribution in [-0.4, -0.2) is 17.1 Å². The van der Waals surface area contributed by atoms with Crippen molar-refractivity contribution in [3.05, 3.63) is 40.6 Å². The molecule has 0 saturated heterocycles. The summed E-state index contributed by atoms with van der Waals surface area (Å²) in [6, 6.07) is 6.13. The van der Waals surface area contributed by atoms with E-state index >= 15 is 0 Å². The van der Waals surface area contributed by atoms with Crippen molar-refractivity contribution in [2.75, 3.05) is 7.11 Å². The number of hydrogen-bond donors (Lipinski definition) is 0. The van der Waals surface area contributed by atoms with E-state index in [0.717, 1.165) is 6.07 Å². The number of halogens is 4. The van der Waals surface area contributed by atoms with Gasteiger partial charge in [0, 0.05) is 16.1 Å². The average molecular weight is 357 g/mol. The summed E-state index contributed by atoms with van der Waals surface area (Å²) in [7, 11) is 1.46. The highest BCUT2D eigenvalue weighted by atomic mass is 79.9. The summed E-state index contributed by atoms with van der Waals surface area (Å²) in [5.74, 6) is 0.443. The molecular weight excluding hydrogens is 349 g/mol. The highest BCUT2D eigenvalue weighted by Gasteiger charge is 2.33. The van der Waals surface area contributed by atoms with Gasteiger partial charge >= 0.3 is 6.18 Å². The monoisotopic (exact) mass is 356 g/mol. The molecule has 1 aromatic carbocycles. The molecular formula is C14H8BrF3N2O. The summed E-state index contributed by atoms with van der Waals surface area (Å²) < 4.78 is 44.4. The van der Waals surface area contributed by atoms with E-state index in [4.69, 9.17) is 4.74 Å². The Kier molecular flexibility index (Phi) is 3.24. The molecule has 108 valence electrons. The molecule has 3 nitrogen and oxygen atoms in total. The molecule has 0 bridgehead atoms. The summed E-state index contributed by atoms with van der Waals surface area (Å²) in [6.07, 6.45) is -3.01. The topological polar surface area (TPSA) is 35.0 Å². The minimum absolute atomic E-state index is 0.159. The predicted molar refractivity (Wildman–Crippen MR) is 76.3 cm³/mol. The fraction of sp³-hybridized carbons (Fsp3) is 0.143.